The molecule has 0 aliphatic heterocycles. The SMILES string of the molecule is N#C/C(=C/c1cc(Br)c(OCc2cccc3ccccc23)c(Br)c1)C(=O)Nc1ccccc1. The van der Waals surface area contributed by atoms with Crippen LogP contribution in [0.1, 0.15) is 11.1 Å². The van der Waals surface area contributed by atoms with Crippen LogP contribution in [0, 0.1) is 11.3 Å². The van der Waals surface area contributed by atoms with Gasteiger partial charge in [-0.25, -0.2) is 0 Å². The summed E-state index contributed by atoms with van der Waals surface area (Å²) in [5, 5.41) is 14.5. The van der Waals surface area contributed by atoms with Crippen LogP contribution in [0.3, 0.4) is 0 Å². The lowest BCUT2D eigenvalue weighted by Crippen LogP contribution is -2.13. The van der Waals surface area contributed by atoms with Gasteiger partial charge in [-0.15, -0.1) is 0 Å². The van der Waals surface area contributed by atoms with Crippen LogP contribution in [0.15, 0.2) is 99.4 Å². The summed E-state index contributed by atoms with van der Waals surface area (Å²) < 4.78 is 7.54. The molecule has 4 nitrogen and oxygen atoms in total. The van der Waals surface area contributed by atoms with E-state index in [1.165, 1.54) is 0 Å². The van der Waals surface area contributed by atoms with Crippen molar-refractivity contribution in [3.63, 3.8) is 0 Å². The minimum atomic E-state index is -0.466. The van der Waals surface area contributed by atoms with Crippen molar-refractivity contribution in [2.75, 3.05) is 5.32 Å². The van der Waals surface area contributed by atoms with Gasteiger partial charge in [-0.2, -0.15) is 5.26 Å². The van der Waals surface area contributed by atoms with Crippen LogP contribution >= 0.6 is 31.9 Å². The van der Waals surface area contributed by atoms with Crippen LogP contribution < -0.4 is 10.1 Å². The number of ether oxygens (including phenoxy) is 1. The highest BCUT2D eigenvalue weighted by Crippen LogP contribution is 2.36. The van der Waals surface area contributed by atoms with E-state index in [0.717, 1.165) is 16.3 Å². The first kappa shape index (κ1) is 22.8. The van der Waals surface area contributed by atoms with Gasteiger partial charge in [0.2, 0.25) is 0 Å². The summed E-state index contributed by atoms with van der Waals surface area (Å²) in [5.41, 5.74) is 2.40. The molecule has 0 aromatic heterocycles. The van der Waals surface area contributed by atoms with Crippen LogP contribution in [0.4, 0.5) is 5.69 Å². The molecule has 0 saturated carbocycles. The third-order valence-electron chi connectivity index (χ3n) is 4.98. The molecule has 0 aliphatic rings. The number of anilines is 1. The Kier molecular flexibility index (Phi) is 7.23. The van der Waals surface area contributed by atoms with Gasteiger partial charge in [-0.1, -0.05) is 60.7 Å². The summed E-state index contributed by atoms with van der Waals surface area (Å²) in [7, 11) is 0. The third kappa shape index (κ3) is 5.51. The van der Waals surface area contributed by atoms with Gasteiger partial charge in [0, 0.05) is 5.69 Å². The molecule has 0 radical (unpaired) electrons. The number of nitrogens with zero attached hydrogens (tertiary/aromatic N) is 1. The maximum absolute atomic E-state index is 12.5. The van der Waals surface area contributed by atoms with Crippen molar-refractivity contribution in [2.24, 2.45) is 0 Å². The molecular weight excluding hydrogens is 544 g/mol. The fourth-order valence-corrected chi connectivity index (χ4v) is 4.85. The van der Waals surface area contributed by atoms with Crippen molar-refractivity contribution >= 4 is 60.3 Å². The lowest BCUT2D eigenvalue weighted by Gasteiger charge is -2.13. The zero-order valence-corrected chi connectivity index (χ0v) is 20.6. The van der Waals surface area contributed by atoms with Gasteiger partial charge in [-0.05, 0) is 84.1 Å². The first-order valence-corrected chi connectivity index (χ1v) is 11.7. The standard InChI is InChI=1S/C27H18Br2N2O2/c28-24-14-18(13-21(16-30)27(32)31-22-10-2-1-3-11-22)15-25(29)26(24)33-17-20-9-6-8-19-7-4-5-12-23(19)20/h1-15H,17H2,(H,31,32)/b21-13-. The van der Waals surface area contributed by atoms with Crippen molar-refractivity contribution in [3.05, 3.63) is 111 Å². The highest BCUT2D eigenvalue weighted by Gasteiger charge is 2.13. The Labute approximate surface area is 208 Å². The Hall–Kier alpha value is -3.40. The molecule has 4 aromatic carbocycles. The highest BCUT2D eigenvalue weighted by atomic mass is 79.9. The van der Waals surface area contributed by atoms with Gasteiger partial charge in [0.05, 0.1) is 8.95 Å². The Balaban J connectivity index is 1.54. The van der Waals surface area contributed by atoms with E-state index >= 15 is 0 Å². The fraction of sp³-hybridized carbons (Fsp3) is 0.0370. The second-order valence-electron chi connectivity index (χ2n) is 7.23. The predicted molar refractivity (Wildman–Crippen MR) is 139 cm³/mol. The van der Waals surface area contributed by atoms with Gasteiger partial charge < -0.3 is 10.1 Å². The first-order valence-electron chi connectivity index (χ1n) is 10.1. The molecule has 0 spiro atoms. The number of benzene rings is 4. The molecule has 0 atom stereocenters. The average molecular weight is 562 g/mol. The maximum Gasteiger partial charge on any atom is 0.266 e. The van der Waals surface area contributed by atoms with Crippen LogP contribution in [0.5, 0.6) is 5.75 Å². The lowest BCUT2D eigenvalue weighted by atomic mass is 10.1. The Morgan fingerprint density at radius 2 is 1.61 bits per heavy atom. The van der Waals surface area contributed by atoms with Crippen molar-refractivity contribution < 1.29 is 9.53 Å². The number of amides is 1. The minimum Gasteiger partial charge on any atom is -0.487 e. The molecule has 0 fully saturated rings. The molecule has 4 rings (SSSR count). The molecule has 0 bridgehead atoms. The summed E-state index contributed by atoms with van der Waals surface area (Å²) >= 11 is 7.11. The van der Waals surface area contributed by atoms with Gasteiger partial charge in [-0.3, -0.25) is 4.79 Å². The van der Waals surface area contributed by atoms with E-state index in [-0.39, 0.29) is 5.57 Å². The molecule has 0 unspecified atom stereocenters. The van der Waals surface area contributed by atoms with Crippen molar-refractivity contribution in [1.82, 2.24) is 0 Å². The average Bonchev–Trinajstić information content (AvgIpc) is 2.82. The molecule has 33 heavy (non-hydrogen) atoms. The van der Waals surface area contributed by atoms with E-state index < -0.39 is 5.91 Å². The smallest absolute Gasteiger partial charge is 0.266 e. The second kappa shape index (κ2) is 10.5. The number of carbonyl (C=O) groups is 1. The minimum absolute atomic E-state index is 0.00192. The Morgan fingerprint density at radius 3 is 2.33 bits per heavy atom. The molecular formula is C27H18Br2N2O2. The summed E-state index contributed by atoms with van der Waals surface area (Å²) in [6.07, 6.45) is 1.54. The number of halogens is 2. The zero-order chi connectivity index (χ0) is 23.2. The van der Waals surface area contributed by atoms with Crippen LogP contribution in [-0.2, 0) is 11.4 Å². The molecule has 162 valence electrons. The predicted octanol–water partition coefficient (Wildman–Crippen LogP) is 7.49. The topological polar surface area (TPSA) is 62.1 Å². The van der Waals surface area contributed by atoms with Gasteiger partial charge >= 0.3 is 0 Å². The third-order valence-corrected chi connectivity index (χ3v) is 6.16. The summed E-state index contributed by atoms with van der Waals surface area (Å²) in [4.78, 5) is 12.5. The van der Waals surface area contributed by atoms with Gasteiger partial charge in [0.25, 0.3) is 5.91 Å². The molecule has 1 N–H and O–H groups in total. The largest absolute Gasteiger partial charge is 0.487 e. The number of nitriles is 1. The van der Waals surface area contributed by atoms with E-state index in [2.05, 4.69) is 55.4 Å². The van der Waals surface area contributed by atoms with Crippen molar-refractivity contribution in [3.8, 4) is 11.8 Å². The van der Waals surface area contributed by atoms with E-state index in [4.69, 9.17) is 4.74 Å². The number of hydrogen-bond donors (Lipinski definition) is 1. The Morgan fingerprint density at radius 1 is 0.939 bits per heavy atom. The van der Waals surface area contributed by atoms with Gasteiger partial charge in [0.15, 0.2) is 0 Å². The summed E-state index contributed by atoms with van der Waals surface area (Å²) in [6.45, 7) is 0.399. The van der Waals surface area contributed by atoms with E-state index in [9.17, 15) is 10.1 Å². The van der Waals surface area contributed by atoms with Crippen molar-refractivity contribution in [1.29, 1.82) is 5.26 Å². The lowest BCUT2D eigenvalue weighted by molar-refractivity contribution is -0.112. The molecule has 0 heterocycles. The number of para-hydroxylation sites is 1. The number of carbonyl (C=O) groups excluding carboxylic acids is 1. The highest BCUT2D eigenvalue weighted by molar-refractivity contribution is 9.11. The molecule has 4 aromatic rings. The maximum atomic E-state index is 12.5. The number of rotatable bonds is 6. The van der Waals surface area contributed by atoms with Crippen molar-refractivity contribution in [2.45, 2.75) is 6.61 Å². The van der Waals surface area contributed by atoms with E-state index in [1.807, 2.05) is 60.7 Å². The first-order chi connectivity index (χ1) is 16.0. The van der Waals surface area contributed by atoms with Gasteiger partial charge in [0.1, 0.15) is 24.0 Å². The van der Waals surface area contributed by atoms with E-state index in [1.54, 1.807) is 18.2 Å². The zero-order valence-electron chi connectivity index (χ0n) is 17.4. The molecule has 0 aliphatic carbocycles. The quantitative estimate of drug-likeness (QED) is 0.196. The summed E-state index contributed by atoms with van der Waals surface area (Å²) in [6, 6.07) is 29.0. The van der Waals surface area contributed by atoms with Crippen LogP contribution in [0.2, 0.25) is 0 Å². The second-order valence-corrected chi connectivity index (χ2v) is 8.94. The molecule has 0 saturated heterocycles. The Bertz CT molecular complexity index is 1360. The summed E-state index contributed by atoms with van der Waals surface area (Å²) in [5.74, 6) is 0.180. The molecule has 6 heteroatoms. The van der Waals surface area contributed by atoms with Crippen LogP contribution in [0.25, 0.3) is 16.8 Å². The van der Waals surface area contributed by atoms with E-state index in [0.29, 0.717) is 32.6 Å². The normalized spacial score (nSPS) is 11.1. The number of hydrogen-bond acceptors (Lipinski definition) is 3. The molecule has 1 amide bonds. The number of nitrogens with one attached hydrogen (secondary N) is 1. The monoisotopic (exact) mass is 560 g/mol. The number of fused-ring (bicyclic) bond motifs is 1. The van der Waals surface area contributed by atoms with Crippen LogP contribution in [-0.4, -0.2) is 5.91 Å². The fourth-order valence-electron chi connectivity index (χ4n) is 3.40.